The van der Waals surface area contributed by atoms with Gasteiger partial charge in [-0.15, -0.1) is 10.2 Å². The van der Waals surface area contributed by atoms with Crippen LogP contribution in [0.5, 0.6) is 0 Å². The van der Waals surface area contributed by atoms with Crippen LogP contribution in [0, 0.1) is 0 Å². The van der Waals surface area contributed by atoms with Crippen molar-refractivity contribution in [3.8, 4) is 0 Å². The van der Waals surface area contributed by atoms with Crippen LogP contribution in [0.4, 0.5) is 5.13 Å². The van der Waals surface area contributed by atoms with Crippen LogP contribution in [-0.2, 0) is 4.79 Å². The van der Waals surface area contributed by atoms with Gasteiger partial charge in [0.1, 0.15) is 0 Å². The number of rotatable bonds is 10. The van der Waals surface area contributed by atoms with Crippen molar-refractivity contribution in [2.75, 3.05) is 11.1 Å². The molecule has 0 saturated heterocycles. The third-order valence-electron chi connectivity index (χ3n) is 2.68. The normalized spacial score (nSPS) is 10.6. The van der Waals surface area contributed by atoms with Crippen LogP contribution in [0.2, 0.25) is 0 Å². The number of amides is 1. The Bertz CT molecular complexity index is 369. The lowest BCUT2D eigenvalue weighted by Crippen LogP contribution is -2.10. The first-order valence-electron chi connectivity index (χ1n) is 7.02. The van der Waals surface area contributed by atoms with Gasteiger partial charge in [0.25, 0.3) is 0 Å². The highest BCUT2D eigenvalue weighted by Gasteiger charge is 2.07. The van der Waals surface area contributed by atoms with Crippen molar-refractivity contribution < 1.29 is 4.79 Å². The van der Waals surface area contributed by atoms with Crippen LogP contribution in [-0.4, -0.2) is 21.9 Å². The second kappa shape index (κ2) is 10.2. The van der Waals surface area contributed by atoms with Gasteiger partial charge in [0.15, 0.2) is 4.34 Å². The van der Waals surface area contributed by atoms with Crippen molar-refractivity contribution in [2.24, 2.45) is 0 Å². The zero-order valence-corrected chi connectivity index (χ0v) is 13.4. The first kappa shape index (κ1) is 16.4. The first-order valence-corrected chi connectivity index (χ1v) is 8.82. The molecule has 0 atom stereocenters. The number of carbonyl (C=O) groups is 1. The van der Waals surface area contributed by atoms with Crippen molar-refractivity contribution in [1.29, 1.82) is 0 Å². The predicted molar refractivity (Wildman–Crippen MR) is 82.9 cm³/mol. The Morgan fingerprint density at radius 1 is 1.16 bits per heavy atom. The number of unbranched alkanes of at least 4 members (excludes halogenated alkanes) is 5. The van der Waals surface area contributed by atoms with Crippen LogP contribution >= 0.6 is 23.1 Å². The fraction of sp³-hybridized carbons (Fsp3) is 0.769. The number of aromatic nitrogens is 2. The van der Waals surface area contributed by atoms with E-state index in [0.717, 1.165) is 22.9 Å². The highest BCUT2D eigenvalue weighted by Crippen LogP contribution is 2.25. The Labute approximate surface area is 123 Å². The molecule has 1 amide bonds. The molecule has 0 spiro atoms. The molecule has 0 aliphatic carbocycles. The quantitative estimate of drug-likeness (QED) is 0.397. The number of hydrogen-bond donors (Lipinski definition) is 1. The highest BCUT2D eigenvalue weighted by molar-refractivity contribution is 8.01. The Balaban J connectivity index is 2.12. The van der Waals surface area contributed by atoms with E-state index in [1.807, 2.05) is 0 Å². The van der Waals surface area contributed by atoms with Crippen molar-refractivity contribution in [1.82, 2.24) is 10.2 Å². The van der Waals surface area contributed by atoms with Gasteiger partial charge in [0.2, 0.25) is 11.0 Å². The molecule has 0 aliphatic heterocycles. The monoisotopic (exact) mass is 301 g/mol. The van der Waals surface area contributed by atoms with Crippen molar-refractivity contribution in [3.05, 3.63) is 0 Å². The molecule has 0 saturated carbocycles. The average Bonchev–Trinajstić information content (AvgIpc) is 2.81. The molecule has 4 nitrogen and oxygen atoms in total. The fourth-order valence-corrected chi connectivity index (χ4v) is 3.35. The Kier molecular flexibility index (Phi) is 8.82. The standard InChI is InChI=1S/C13H23N3OS2/c1-3-5-6-7-8-9-10-11(17)14-12-15-16-13(19-12)18-4-2/h3-10H2,1-2H3,(H,14,15,17). The lowest BCUT2D eigenvalue weighted by Gasteiger charge is -2.01. The summed E-state index contributed by atoms with van der Waals surface area (Å²) in [6.45, 7) is 4.28. The molecule has 0 fully saturated rings. The summed E-state index contributed by atoms with van der Waals surface area (Å²) in [6, 6.07) is 0. The summed E-state index contributed by atoms with van der Waals surface area (Å²) in [4.78, 5) is 11.7. The molecule has 1 rings (SSSR count). The summed E-state index contributed by atoms with van der Waals surface area (Å²) in [5, 5.41) is 11.4. The number of anilines is 1. The summed E-state index contributed by atoms with van der Waals surface area (Å²) in [7, 11) is 0. The molecular weight excluding hydrogens is 278 g/mol. The van der Waals surface area contributed by atoms with Gasteiger partial charge < -0.3 is 5.32 Å². The minimum Gasteiger partial charge on any atom is -0.301 e. The van der Waals surface area contributed by atoms with Crippen LogP contribution in [0.1, 0.15) is 58.8 Å². The Hall–Kier alpha value is -0.620. The van der Waals surface area contributed by atoms with E-state index >= 15 is 0 Å². The van der Waals surface area contributed by atoms with Gasteiger partial charge in [-0.3, -0.25) is 4.79 Å². The minimum atomic E-state index is 0.0553. The lowest BCUT2D eigenvalue weighted by atomic mass is 10.1. The predicted octanol–water partition coefficient (Wildman–Crippen LogP) is 4.34. The molecule has 0 bridgehead atoms. The van der Waals surface area contributed by atoms with Gasteiger partial charge in [-0.05, 0) is 12.2 Å². The van der Waals surface area contributed by atoms with Gasteiger partial charge in [-0.2, -0.15) is 0 Å². The van der Waals surface area contributed by atoms with Gasteiger partial charge in [-0.1, -0.05) is 69.1 Å². The van der Waals surface area contributed by atoms with E-state index in [1.165, 1.54) is 37.0 Å². The van der Waals surface area contributed by atoms with E-state index < -0.39 is 0 Å². The number of thioether (sulfide) groups is 1. The Morgan fingerprint density at radius 2 is 1.89 bits per heavy atom. The number of nitrogens with zero attached hydrogens (tertiary/aromatic N) is 2. The van der Waals surface area contributed by atoms with Crippen molar-refractivity contribution in [2.45, 2.75) is 63.1 Å². The van der Waals surface area contributed by atoms with E-state index in [9.17, 15) is 4.79 Å². The average molecular weight is 301 g/mol. The molecular formula is C13H23N3OS2. The SMILES string of the molecule is CCCCCCCCC(=O)Nc1nnc(SCC)s1. The molecule has 1 N–H and O–H groups in total. The molecule has 0 aromatic carbocycles. The molecule has 1 aromatic rings. The number of nitrogens with one attached hydrogen (secondary N) is 1. The molecule has 0 unspecified atom stereocenters. The second-order valence-electron chi connectivity index (χ2n) is 4.37. The van der Waals surface area contributed by atoms with E-state index in [-0.39, 0.29) is 5.91 Å². The molecule has 108 valence electrons. The van der Waals surface area contributed by atoms with Crippen LogP contribution < -0.4 is 5.32 Å². The zero-order chi connectivity index (χ0) is 13.9. The van der Waals surface area contributed by atoms with E-state index in [4.69, 9.17) is 0 Å². The van der Waals surface area contributed by atoms with Gasteiger partial charge in [-0.25, -0.2) is 0 Å². The third kappa shape index (κ3) is 7.52. The largest absolute Gasteiger partial charge is 0.301 e. The summed E-state index contributed by atoms with van der Waals surface area (Å²) in [6.07, 6.45) is 7.77. The van der Waals surface area contributed by atoms with Crippen molar-refractivity contribution in [3.63, 3.8) is 0 Å². The van der Waals surface area contributed by atoms with E-state index in [2.05, 4.69) is 29.4 Å². The smallest absolute Gasteiger partial charge is 0.226 e. The molecule has 6 heteroatoms. The Morgan fingerprint density at radius 3 is 2.63 bits per heavy atom. The molecule has 19 heavy (non-hydrogen) atoms. The molecule has 0 radical (unpaired) electrons. The zero-order valence-electron chi connectivity index (χ0n) is 11.8. The van der Waals surface area contributed by atoms with Gasteiger partial charge in [0, 0.05) is 6.42 Å². The van der Waals surface area contributed by atoms with Crippen molar-refractivity contribution >= 4 is 34.1 Å². The highest BCUT2D eigenvalue weighted by atomic mass is 32.2. The second-order valence-corrected chi connectivity index (χ2v) is 6.86. The first-order chi connectivity index (χ1) is 9.26. The van der Waals surface area contributed by atoms with Crippen LogP contribution in [0.15, 0.2) is 4.34 Å². The van der Waals surface area contributed by atoms with Gasteiger partial charge >= 0.3 is 0 Å². The topological polar surface area (TPSA) is 54.9 Å². The fourth-order valence-electron chi connectivity index (χ4n) is 1.69. The van der Waals surface area contributed by atoms with Crippen LogP contribution in [0.3, 0.4) is 0 Å². The molecule has 1 heterocycles. The van der Waals surface area contributed by atoms with Gasteiger partial charge in [0.05, 0.1) is 0 Å². The third-order valence-corrected chi connectivity index (χ3v) is 4.53. The maximum atomic E-state index is 11.7. The summed E-state index contributed by atoms with van der Waals surface area (Å²) in [5.74, 6) is 1.03. The minimum absolute atomic E-state index is 0.0553. The summed E-state index contributed by atoms with van der Waals surface area (Å²) in [5.41, 5.74) is 0. The maximum Gasteiger partial charge on any atom is 0.226 e. The summed E-state index contributed by atoms with van der Waals surface area (Å²) < 4.78 is 0.914. The molecule has 1 aromatic heterocycles. The molecule has 0 aliphatic rings. The van der Waals surface area contributed by atoms with E-state index in [0.29, 0.717) is 11.6 Å². The lowest BCUT2D eigenvalue weighted by molar-refractivity contribution is -0.116. The number of hydrogen-bond acceptors (Lipinski definition) is 5. The number of carbonyl (C=O) groups excluding carboxylic acids is 1. The summed E-state index contributed by atoms with van der Waals surface area (Å²) >= 11 is 3.09. The van der Waals surface area contributed by atoms with Crippen LogP contribution in [0.25, 0.3) is 0 Å². The maximum absolute atomic E-state index is 11.7. The van der Waals surface area contributed by atoms with E-state index in [1.54, 1.807) is 11.8 Å².